The molecule has 0 saturated carbocycles. The molecular formula is C15H13F3N2O. The Morgan fingerprint density at radius 1 is 0.952 bits per heavy atom. The number of nitrogens with one attached hydrogen (secondary N) is 1. The molecule has 2 rings (SSSR count). The summed E-state index contributed by atoms with van der Waals surface area (Å²) in [7, 11) is 0. The Morgan fingerprint density at radius 3 is 2.19 bits per heavy atom. The highest BCUT2D eigenvalue weighted by Gasteiger charge is 2.15. The second kappa shape index (κ2) is 6.41. The SMILES string of the molecule is NCc1ccc(CC(=O)Nc2ccc(F)c(F)c2F)cc1. The predicted molar refractivity (Wildman–Crippen MR) is 73.0 cm³/mol. The van der Waals surface area contributed by atoms with E-state index in [1.54, 1.807) is 24.3 Å². The molecule has 0 saturated heterocycles. The summed E-state index contributed by atoms with van der Waals surface area (Å²) >= 11 is 0. The molecule has 6 heteroatoms. The summed E-state index contributed by atoms with van der Waals surface area (Å²) in [6.45, 7) is 0.395. The lowest BCUT2D eigenvalue weighted by Gasteiger charge is -2.08. The summed E-state index contributed by atoms with van der Waals surface area (Å²) in [5, 5.41) is 2.21. The lowest BCUT2D eigenvalue weighted by molar-refractivity contribution is -0.115. The van der Waals surface area contributed by atoms with Crippen molar-refractivity contribution in [3.8, 4) is 0 Å². The van der Waals surface area contributed by atoms with Crippen LogP contribution in [0.5, 0.6) is 0 Å². The molecule has 0 atom stereocenters. The van der Waals surface area contributed by atoms with E-state index in [9.17, 15) is 18.0 Å². The third kappa shape index (κ3) is 3.61. The summed E-state index contributed by atoms with van der Waals surface area (Å²) in [5.41, 5.74) is 6.69. The van der Waals surface area contributed by atoms with Crippen molar-refractivity contribution in [1.29, 1.82) is 0 Å². The minimum Gasteiger partial charge on any atom is -0.326 e. The number of hydrogen-bond donors (Lipinski definition) is 2. The molecule has 0 aliphatic rings. The summed E-state index contributed by atoms with van der Waals surface area (Å²) in [6, 6.07) is 8.74. The molecule has 0 unspecified atom stereocenters. The molecule has 0 bridgehead atoms. The highest BCUT2D eigenvalue weighted by Crippen LogP contribution is 2.19. The average molecular weight is 294 g/mol. The van der Waals surface area contributed by atoms with Gasteiger partial charge in [0, 0.05) is 6.54 Å². The van der Waals surface area contributed by atoms with Crippen LogP contribution in [0.3, 0.4) is 0 Å². The van der Waals surface area contributed by atoms with Crippen LogP contribution in [0, 0.1) is 17.5 Å². The molecule has 3 N–H and O–H groups in total. The van der Waals surface area contributed by atoms with E-state index in [4.69, 9.17) is 5.73 Å². The minimum absolute atomic E-state index is 0.0106. The maximum absolute atomic E-state index is 13.4. The van der Waals surface area contributed by atoms with Gasteiger partial charge in [0.15, 0.2) is 17.5 Å². The Balaban J connectivity index is 2.06. The zero-order chi connectivity index (χ0) is 15.4. The van der Waals surface area contributed by atoms with Crippen LogP contribution in [0.4, 0.5) is 18.9 Å². The highest BCUT2D eigenvalue weighted by molar-refractivity contribution is 5.92. The summed E-state index contributed by atoms with van der Waals surface area (Å²) < 4.78 is 39.2. The average Bonchev–Trinajstić information content (AvgIpc) is 2.49. The smallest absolute Gasteiger partial charge is 0.228 e. The van der Waals surface area contributed by atoms with Crippen molar-refractivity contribution in [2.75, 3.05) is 5.32 Å². The molecule has 0 aliphatic carbocycles. The number of nitrogens with two attached hydrogens (primary N) is 1. The Bertz CT molecular complexity index is 657. The molecule has 2 aromatic carbocycles. The molecule has 0 aliphatic heterocycles. The van der Waals surface area contributed by atoms with E-state index >= 15 is 0 Å². The zero-order valence-electron chi connectivity index (χ0n) is 11.0. The van der Waals surface area contributed by atoms with Gasteiger partial charge in [0.1, 0.15) is 0 Å². The van der Waals surface area contributed by atoms with Crippen LogP contribution in [0.25, 0.3) is 0 Å². The normalized spacial score (nSPS) is 10.5. The van der Waals surface area contributed by atoms with Crippen molar-refractivity contribution in [3.63, 3.8) is 0 Å². The molecular weight excluding hydrogens is 281 g/mol. The number of halogens is 3. The van der Waals surface area contributed by atoms with Crippen molar-refractivity contribution in [1.82, 2.24) is 0 Å². The lowest BCUT2D eigenvalue weighted by Crippen LogP contribution is -2.16. The number of carbonyl (C=O) groups is 1. The highest BCUT2D eigenvalue weighted by atomic mass is 19.2. The third-order valence-electron chi connectivity index (χ3n) is 2.93. The predicted octanol–water partition coefficient (Wildman–Crippen LogP) is 2.74. The summed E-state index contributed by atoms with van der Waals surface area (Å²) in [5.74, 6) is -4.86. The molecule has 0 heterocycles. The Kier molecular flexibility index (Phi) is 4.59. The molecule has 3 nitrogen and oxygen atoms in total. The first kappa shape index (κ1) is 15.1. The molecule has 0 radical (unpaired) electrons. The van der Waals surface area contributed by atoms with Gasteiger partial charge in [-0.3, -0.25) is 4.79 Å². The van der Waals surface area contributed by atoms with Gasteiger partial charge in [0.25, 0.3) is 0 Å². The molecule has 2 aromatic rings. The second-order valence-electron chi connectivity index (χ2n) is 4.47. The van der Waals surface area contributed by atoms with Gasteiger partial charge in [-0.15, -0.1) is 0 Å². The van der Waals surface area contributed by atoms with Gasteiger partial charge in [-0.1, -0.05) is 24.3 Å². The summed E-state index contributed by atoms with van der Waals surface area (Å²) in [4.78, 5) is 11.8. The van der Waals surface area contributed by atoms with Crippen LogP contribution >= 0.6 is 0 Å². The second-order valence-corrected chi connectivity index (χ2v) is 4.47. The largest absolute Gasteiger partial charge is 0.326 e. The van der Waals surface area contributed by atoms with Gasteiger partial charge in [-0.05, 0) is 23.3 Å². The van der Waals surface area contributed by atoms with E-state index in [-0.39, 0.29) is 6.42 Å². The minimum atomic E-state index is -1.61. The molecule has 1 amide bonds. The van der Waals surface area contributed by atoms with Crippen LogP contribution in [0.2, 0.25) is 0 Å². The van der Waals surface area contributed by atoms with Crippen molar-refractivity contribution in [2.24, 2.45) is 5.73 Å². The maximum Gasteiger partial charge on any atom is 0.228 e. The fraction of sp³-hybridized carbons (Fsp3) is 0.133. The van der Waals surface area contributed by atoms with Gasteiger partial charge in [-0.25, -0.2) is 13.2 Å². The van der Waals surface area contributed by atoms with E-state index in [0.29, 0.717) is 12.1 Å². The van der Waals surface area contributed by atoms with Gasteiger partial charge in [-0.2, -0.15) is 0 Å². The first-order valence-electron chi connectivity index (χ1n) is 6.22. The molecule has 0 spiro atoms. The zero-order valence-corrected chi connectivity index (χ0v) is 11.0. The van der Waals surface area contributed by atoms with Gasteiger partial charge < -0.3 is 11.1 Å². The summed E-state index contributed by atoms with van der Waals surface area (Å²) in [6.07, 6.45) is -0.0106. The Hall–Kier alpha value is -2.34. The van der Waals surface area contributed by atoms with Crippen LogP contribution < -0.4 is 11.1 Å². The number of anilines is 1. The number of amides is 1. The van der Waals surface area contributed by atoms with Crippen molar-refractivity contribution < 1.29 is 18.0 Å². The van der Waals surface area contributed by atoms with Crippen LogP contribution in [-0.4, -0.2) is 5.91 Å². The van der Waals surface area contributed by atoms with E-state index in [1.807, 2.05) is 0 Å². The Labute approximate surface area is 119 Å². The number of rotatable bonds is 4. The monoisotopic (exact) mass is 294 g/mol. The molecule has 0 aromatic heterocycles. The number of hydrogen-bond acceptors (Lipinski definition) is 2. The van der Waals surface area contributed by atoms with E-state index in [0.717, 1.165) is 17.7 Å². The van der Waals surface area contributed by atoms with Crippen LogP contribution in [0.1, 0.15) is 11.1 Å². The molecule has 110 valence electrons. The van der Waals surface area contributed by atoms with Crippen molar-refractivity contribution in [3.05, 3.63) is 65.0 Å². The van der Waals surface area contributed by atoms with E-state index in [2.05, 4.69) is 5.32 Å². The quantitative estimate of drug-likeness (QED) is 0.852. The van der Waals surface area contributed by atoms with E-state index < -0.39 is 29.0 Å². The number of benzene rings is 2. The first-order valence-corrected chi connectivity index (χ1v) is 6.22. The molecule has 21 heavy (non-hydrogen) atoms. The topological polar surface area (TPSA) is 55.1 Å². The number of carbonyl (C=O) groups excluding carboxylic acids is 1. The fourth-order valence-electron chi connectivity index (χ4n) is 1.80. The van der Waals surface area contributed by atoms with Crippen molar-refractivity contribution >= 4 is 11.6 Å². The molecule has 0 fully saturated rings. The van der Waals surface area contributed by atoms with Crippen LogP contribution in [-0.2, 0) is 17.8 Å². The van der Waals surface area contributed by atoms with Gasteiger partial charge >= 0.3 is 0 Å². The van der Waals surface area contributed by atoms with E-state index in [1.165, 1.54) is 0 Å². The fourth-order valence-corrected chi connectivity index (χ4v) is 1.80. The van der Waals surface area contributed by atoms with Gasteiger partial charge in [0.05, 0.1) is 12.1 Å². The lowest BCUT2D eigenvalue weighted by atomic mass is 10.1. The Morgan fingerprint density at radius 2 is 1.57 bits per heavy atom. The first-order chi connectivity index (χ1) is 10.0. The van der Waals surface area contributed by atoms with Gasteiger partial charge in [0.2, 0.25) is 5.91 Å². The van der Waals surface area contributed by atoms with Crippen LogP contribution in [0.15, 0.2) is 36.4 Å². The maximum atomic E-state index is 13.4. The third-order valence-corrected chi connectivity index (χ3v) is 2.93. The van der Waals surface area contributed by atoms with Crippen molar-refractivity contribution in [2.45, 2.75) is 13.0 Å². The standard InChI is InChI=1S/C15H13F3N2O/c16-11-5-6-12(15(18)14(11)17)20-13(21)7-9-1-3-10(8-19)4-2-9/h1-6H,7-8,19H2,(H,20,21).